The Morgan fingerprint density at radius 2 is 2.26 bits per heavy atom. The van der Waals surface area contributed by atoms with Gasteiger partial charge in [0.1, 0.15) is 11.9 Å². The predicted molar refractivity (Wildman–Crippen MR) is 61.0 cm³/mol. The highest BCUT2D eigenvalue weighted by Gasteiger charge is 2.36. The van der Waals surface area contributed by atoms with Gasteiger partial charge in [-0.1, -0.05) is 0 Å². The Balaban J connectivity index is 2.22. The van der Waals surface area contributed by atoms with Crippen molar-refractivity contribution >= 4 is 5.82 Å². The first-order chi connectivity index (χ1) is 8.99. The Morgan fingerprint density at radius 1 is 1.47 bits per heavy atom. The van der Waals surface area contributed by atoms with E-state index in [1.165, 1.54) is 6.07 Å². The number of nitrogens with one attached hydrogen (secondary N) is 1. The average molecular weight is 277 g/mol. The summed E-state index contributed by atoms with van der Waals surface area (Å²) in [7, 11) is 0. The van der Waals surface area contributed by atoms with Crippen LogP contribution in [-0.2, 0) is 10.9 Å². The summed E-state index contributed by atoms with van der Waals surface area (Å²) in [6, 6.07) is 1.36. The molecule has 5 nitrogen and oxygen atoms in total. The first-order valence-electron chi connectivity index (χ1n) is 5.93. The van der Waals surface area contributed by atoms with E-state index in [-0.39, 0.29) is 17.8 Å². The van der Waals surface area contributed by atoms with E-state index >= 15 is 0 Å². The molecule has 106 valence electrons. The highest BCUT2D eigenvalue weighted by atomic mass is 19.4. The molecule has 0 aromatic carbocycles. The Hall–Kier alpha value is -1.57. The van der Waals surface area contributed by atoms with Crippen LogP contribution < -0.4 is 10.1 Å². The molecule has 1 unspecified atom stereocenters. The van der Waals surface area contributed by atoms with Crippen molar-refractivity contribution in [1.29, 1.82) is 0 Å². The molecule has 0 bridgehead atoms. The molecule has 1 aliphatic rings. The van der Waals surface area contributed by atoms with E-state index in [1.807, 2.05) is 0 Å². The molecular weight excluding hydrogens is 263 g/mol. The number of alkyl halides is 3. The zero-order valence-corrected chi connectivity index (χ0v) is 10.3. The van der Waals surface area contributed by atoms with Crippen molar-refractivity contribution in [3.8, 4) is 5.88 Å². The van der Waals surface area contributed by atoms with Gasteiger partial charge in [-0.15, -0.1) is 0 Å². The zero-order valence-electron chi connectivity index (χ0n) is 10.3. The lowest BCUT2D eigenvalue weighted by atomic mass is 10.3. The predicted octanol–water partition coefficient (Wildman–Crippen LogP) is 2.09. The van der Waals surface area contributed by atoms with Gasteiger partial charge in [0.2, 0.25) is 11.7 Å². The third kappa shape index (κ3) is 3.69. The fraction of sp³-hybridized carbons (Fsp3) is 0.636. The molecule has 1 fully saturated rings. The van der Waals surface area contributed by atoms with Gasteiger partial charge >= 0.3 is 6.18 Å². The van der Waals surface area contributed by atoms with Gasteiger partial charge in [0, 0.05) is 19.0 Å². The van der Waals surface area contributed by atoms with Crippen LogP contribution in [0.25, 0.3) is 0 Å². The molecule has 8 heteroatoms. The second kappa shape index (κ2) is 5.60. The minimum atomic E-state index is -4.60. The number of aromatic nitrogens is 2. The maximum atomic E-state index is 12.7. The molecule has 1 saturated heterocycles. The second-order valence-electron chi connectivity index (χ2n) is 4.05. The van der Waals surface area contributed by atoms with Crippen molar-refractivity contribution in [2.24, 2.45) is 0 Å². The molecule has 1 aromatic rings. The van der Waals surface area contributed by atoms with E-state index in [0.29, 0.717) is 26.2 Å². The van der Waals surface area contributed by atoms with Crippen molar-refractivity contribution in [1.82, 2.24) is 9.97 Å². The van der Waals surface area contributed by atoms with Crippen LogP contribution in [0.2, 0.25) is 0 Å². The number of halogens is 3. The van der Waals surface area contributed by atoms with Crippen LogP contribution in [0.1, 0.15) is 19.2 Å². The Labute approximate surface area is 108 Å². The van der Waals surface area contributed by atoms with Crippen LogP contribution in [0.15, 0.2) is 6.07 Å². The first kappa shape index (κ1) is 13.9. The smallest absolute Gasteiger partial charge is 0.451 e. The Kier molecular flexibility index (Phi) is 4.08. The summed E-state index contributed by atoms with van der Waals surface area (Å²) < 4.78 is 48.5. The SMILES string of the molecule is CCNc1cc(OC2CCOC2)nc(C(F)(F)F)n1. The van der Waals surface area contributed by atoms with Crippen LogP contribution in [0.5, 0.6) is 5.88 Å². The minimum absolute atomic E-state index is 0.0891. The zero-order chi connectivity index (χ0) is 13.9. The molecule has 19 heavy (non-hydrogen) atoms. The van der Waals surface area contributed by atoms with Crippen molar-refractivity contribution < 1.29 is 22.6 Å². The number of hydrogen-bond acceptors (Lipinski definition) is 5. The van der Waals surface area contributed by atoms with Crippen LogP contribution >= 0.6 is 0 Å². The minimum Gasteiger partial charge on any atom is -0.472 e. The van der Waals surface area contributed by atoms with Crippen molar-refractivity contribution in [3.05, 3.63) is 11.9 Å². The molecule has 1 atom stereocenters. The van der Waals surface area contributed by atoms with Crippen molar-refractivity contribution in [2.75, 3.05) is 25.1 Å². The number of anilines is 1. The van der Waals surface area contributed by atoms with Crippen LogP contribution in [-0.4, -0.2) is 35.8 Å². The fourth-order valence-electron chi connectivity index (χ4n) is 1.66. The van der Waals surface area contributed by atoms with Gasteiger partial charge in [0.25, 0.3) is 0 Å². The number of hydrogen-bond donors (Lipinski definition) is 1. The van der Waals surface area contributed by atoms with Crippen LogP contribution in [0.3, 0.4) is 0 Å². The van der Waals surface area contributed by atoms with E-state index in [9.17, 15) is 13.2 Å². The monoisotopic (exact) mass is 277 g/mol. The molecule has 0 aliphatic carbocycles. The van der Waals surface area contributed by atoms with Crippen LogP contribution in [0.4, 0.5) is 19.0 Å². The average Bonchev–Trinajstić information content (AvgIpc) is 2.81. The van der Waals surface area contributed by atoms with Gasteiger partial charge in [-0.25, -0.2) is 4.98 Å². The molecule has 0 amide bonds. The second-order valence-corrected chi connectivity index (χ2v) is 4.05. The molecule has 1 aromatic heterocycles. The summed E-state index contributed by atoms with van der Waals surface area (Å²) in [4.78, 5) is 6.81. The third-order valence-electron chi connectivity index (χ3n) is 2.49. The molecule has 2 rings (SSSR count). The first-order valence-corrected chi connectivity index (χ1v) is 5.93. The Bertz CT molecular complexity index is 434. The summed E-state index contributed by atoms with van der Waals surface area (Å²) in [5.41, 5.74) is 0. The summed E-state index contributed by atoms with van der Waals surface area (Å²) in [5, 5.41) is 2.72. The molecule has 0 spiro atoms. The molecule has 2 heterocycles. The quantitative estimate of drug-likeness (QED) is 0.913. The van der Waals surface area contributed by atoms with Crippen molar-refractivity contribution in [3.63, 3.8) is 0 Å². The molecular formula is C11H14F3N3O2. The van der Waals surface area contributed by atoms with E-state index in [1.54, 1.807) is 6.92 Å². The van der Waals surface area contributed by atoms with E-state index in [4.69, 9.17) is 9.47 Å². The van der Waals surface area contributed by atoms with Gasteiger partial charge in [-0.3, -0.25) is 0 Å². The van der Waals surface area contributed by atoms with Gasteiger partial charge in [0.05, 0.1) is 13.2 Å². The third-order valence-corrected chi connectivity index (χ3v) is 2.49. The number of ether oxygens (including phenoxy) is 2. The number of rotatable bonds is 4. The van der Waals surface area contributed by atoms with E-state index < -0.39 is 12.0 Å². The molecule has 1 aliphatic heterocycles. The molecule has 1 N–H and O–H groups in total. The molecule has 0 radical (unpaired) electrons. The lowest BCUT2D eigenvalue weighted by Crippen LogP contribution is -2.19. The van der Waals surface area contributed by atoms with Crippen molar-refractivity contribution in [2.45, 2.75) is 25.6 Å². The summed E-state index contributed by atoms with van der Waals surface area (Å²) >= 11 is 0. The largest absolute Gasteiger partial charge is 0.472 e. The van der Waals surface area contributed by atoms with E-state index in [0.717, 1.165) is 0 Å². The highest BCUT2D eigenvalue weighted by molar-refractivity contribution is 5.38. The van der Waals surface area contributed by atoms with Crippen LogP contribution in [0, 0.1) is 0 Å². The number of nitrogens with zero attached hydrogens (tertiary/aromatic N) is 2. The molecule has 0 saturated carbocycles. The standard InChI is InChI=1S/C11H14F3N3O2/c1-2-15-8-5-9(19-7-3-4-18-6-7)17-10(16-8)11(12,13)14/h5,7H,2-4,6H2,1H3,(H,15,16,17). The normalized spacial score (nSPS) is 19.5. The van der Waals surface area contributed by atoms with E-state index in [2.05, 4.69) is 15.3 Å². The highest BCUT2D eigenvalue weighted by Crippen LogP contribution is 2.29. The lowest BCUT2D eigenvalue weighted by Gasteiger charge is -2.14. The fourth-order valence-corrected chi connectivity index (χ4v) is 1.66. The Morgan fingerprint density at radius 3 is 2.84 bits per heavy atom. The summed E-state index contributed by atoms with van der Waals surface area (Å²) in [6.07, 6.45) is -4.22. The van der Waals surface area contributed by atoms with Gasteiger partial charge in [-0.05, 0) is 6.92 Å². The summed E-state index contributed by atoms with van der Waals surface area (Å²) in [6.45, 7) is 3.13. The maximum Gasteiger partial charge on any atom is 0.451 e. The lowest BCUT2D eigenvalue weighted by molar-refractivity contribution is -0.145. The van der Waals surface area contributed by atoms with Gasteiger partial charge in [0.15, 0.2) is 0 Å². The summed E-state index contributed by atoms with van der Waals surface area (Å²) in [5.74, 6) is -1.20. The maximum absolute atomic E-state index is 12.7. The van der Waals surface area contributed by atoms with Gasteiger partial charge < -0.3 is 14.8 Å². The van der Waals surface area contributed by atoms with Gasteiger partial charge in [-0.2, -0.15) is 18.2 Å². The topological polar surface area (TPSA) is 56.3 Å².